The average molecular weight is 260 g/mol. The van der Waals surface area contributed by atoms with Gasteiger partial charge in [0.2, 0.25) is 11.8 Å². The molecule has 0 unspecified atom stereocenters. The van der Waals surface area contributed by atoms with Crippen LogP contribution in [0.15, 0.2) is 30.5 Å². The van der Waals surface area contributed by atoms with E-state index < -0.39 is 0 Å². The number of rotatable bonds is 5. The van der Waals surface area contributed by atoms with Crippen LogP contribution < -0.4 is 20.5 Å². The molecule has 0 aliphatic carbocycles. The third-order valence-corrected chi connectivity index (χ3v) is 2.58. The van der Waals surface area contributed by atoms with Crippen LogP contribution in [0.25, 0.3) is 0 Å². The van der Waals surface area contributed by atoms with Crippen LogP contribution in [-0.4, -0.2) is 24.2 Å². The number of nitrogens with zero attached hydrogens (tertiary/aromatic N) is 2. The van der Waals surface area contributed by atoms with Gasteiger partial charge in [0, 0.05) is 30.1 Å². The van der Waals surface area contributed by atoms with Gasteiger partial charge in [-0.25, -0.2) is 4.98 Å². The van der Waals surface area contributed by atoms with E-state index >= 15 is 0 Å². The largest absolute Gasteiger partial charge is 0.496 e. The Balaban J connectivity index is 2.11. The monoisotopic (exact) mass is 260 g/mol. The SMILES string of the molecule is COc1ccnc(NCc2cc(N)ccc2OC)n1. The summed E-state index contributed by atoms with van der Waals surface area (Å²) in [5, 5.41) is 3.10. The third-order valence-electron chi connectivity index (χ3n) is 2.58. The van der Waals surface area contributed by atoms with E-state index in [1.807, 2.05) is 12.1 Å². The molecule has 2 rings (SSSR count). The van der Waals surface area contributed by atoms with Crippen molar-refractivity contribution in [1.82, 2.24) is 9.97 Å². The third kappa shape index (κ3) is 3.25. The molecule has 0 saturated heterocycles. The Kier molecular flexibility index (Phi) is 4.02. The first-order valence-corrected chi connectivity index (χ1v) is 5.76. The molecule has 1 heterocycles. The summed E-state index contributed by atoms with van der Waals surface area (Å²) < 4.78 is 10.3. The highest BCUT2D eigenvalue weighted by atomic mass is 16.5. The molecule has 0 aliphatic heterocycles. The Morgan fingerprint density at radius 1 is 1.21 bits per heavy atom. The van der Waals surface area contributed by atoms with Crippen LogP contribution in [0.2, 0.25) is 0 Å². The fraction of sp³-hybridized carbons (Fsp3) is 0.231. The lowest BCUT2D eigenvalue weighted by atomic mass is 10.2. The minimum absolute atomic E-state index is 0.490. The van der Waals surface area contributed by atoms with Crippen LogP contribution in [-0.2, 0) is 6.54 Å². The minimum Gasteiger partial charge on any atom is -0.496 e. The van der Waals surface area contributed by atoms with E-state index in [1.165, 1.54) is 0 Å². The highest BCUT2D eigenvalue weighted by Crippen LogP contribution is 2.21. The van der Waals surface area contributed by atoms with Gasteiger partial charge in [0.05, 0.1) is 14.2 Å². The molecule has 0 fully saturated rings. The van der Waals surface area contributed by atoms with Gasteiger partial charge in [0.25, 0.3) is 0 Å². The van der Waals surface area contributed by atoms with Crippen molar-refractivity contribution in [2.24, 2.45) is 0 Å². The molecule has 100 valence electrons. The Morgan fingerprint density at radius 3 is 2.79 bits per heavy atom. The van der Waals surface area contributed by atoms with E-state index in [0.29, 0.717) is 24.1 Å². The molecule has 0 aliphatic rings. The Morgan fingerprint density at radius 2 is 2.05 bits per heavy atom. The molecule has 6 nitrogen and oxygen atoms in total. The number of anilines is 2. The number of hydrogen-bond donors (Lipinski definition) is 2. The van der Waals surface area contributed by atoms with E-state index in [9.17, 15) is 0 Å². The normalized spacial score (nSPS) is 10.0. The molecule has 0 spiro atoms. The molecule has 3 N–H and O–H groups in total. The second-order valence-electron chi connectivity index (χ2n) is 3.85. The molecule has 6 heteroatoms. The van der Waals surface area contributed by atoms with Gasteiger partial charge in [0.1, 0.15) is 5.75 Å². The standard InChI is InChI=1S/C13H16N4O2/c1-18-11-4-3-10(14)7-9(11)8-16-13-15-6-5-12(17-13)19-2/h3-7H,8,14H2,1-2H3,(H,15,16,17). The van der Waals surface area contributed by atoms with E-state index in [-0.39, 0.29) is 0 Å². The van der Waals surface area contributed by atoms with E-state index in [1.54, 1.807) is 32.5 Å². The zero-order valence-electron chi connectivity index (χ0n) is 10.9. The fourth-order valence-corrected chi connectivity index (χ4v) is 1.65. The molecule has 0 bridgehead atoms. The number of hydrogen-bond acceptors (Lipinski definition) is 6. The van der Waals surface area contributed by atoms with Gasteiger partial charge in [-0.3, -0.25) is 0 Å². The quantitative estimate of drug-likeness (QED) is 0.796. The van der Waals surface area contributed by atoms with Crippen LogP contribution >= 0.6 is 0 Å². The Hall–Kier alpha value is -2.50. The van der Waals surface area contributed by atoms with Gasteiger partial charge >= 0.3 is 0 Å². The maximum absolute atomic E-state index is 5.76. The minimum atomic E-state index is 0.490. The zero-order valence-corrected chi connectivity index (χ0v) is 10.9. The first kappa shape index (κ1) is 12.9. The van der Waals surface area contributed by atoms with Crippen molar-refractivity contribution in [3.63, 3.8) is 0 Å². The lowest BCUT2D eigenvalue weighted by Gasteiger charge is -2.10. The summed E-state index contributed by atoms with van der Waals surface area (Å²) >= 11 is 0. The van der Waals surface area contributed by atoms with Gasteiger partial charge in [-0.05, 0) is 18.2 Å². The lowest BCUT2D eigenvalue weighted by molar-refractivity contribution is 0.397. The van der Waals surface area contributed by atoms with Crippen molar-refractivity contribution in [2.45, 2.75) is 6.54 Å². The maximum Gasteiger partial charge on any atom is 0.226 e. The Labute approximate surface area is 111 Å². The van der Waals surface area contributed by atoms with Crippen LogP contribution in [0, 0.1) is 0 Å². The first-order chi connectivity index (χ1) is 9.22. The summed E-state index contributed by atoms with van der Waals surface area (Å²) in [6.07, 6.45) is 1.63. The molecule has 1 aromatic carbocycles. The summed E-state index contributed by atoms with van der Waals surface area (Å²) in [4.78, 5) is 8.27. The second kappa shape index (κ2) is 5.90. The molecule has 0 radical (unpaired) electrons. The van der Waals surface area contributed by atoms with E-state index in [0.717, 1.165) is 11.3 Å². The van der Waals surface area contributed by atoms with Crippen molar-refractivity contribution in [1.29, 1.82) is 0 Å². The predicted molar refractivity (Wildman–Crippen MR) is 73.3 cm³/mol. The number of aromatic nitrogens is 2. The predicted octanol–water partition coefficient (Wildman–Crippen LogP) is 1.69. The first-order valence-electron chi connectivity index (χ1n) is 5.76. The number of nitrogens with one attached hydrogen (secondary N) is 1. The smallest absolute Gasteiger partial charge is 0.226 e. The molecule has 0 saturated carbocycles. The van der Waals surface area contributed by atoms with E-state index in [2.05, 4.69) is 15.3 Å². The Bertz CT molecular complexity index is 560. The summed E-state index contributed by atoms with van der Waals surface area (Å²) in [6.45, 7) is 0.515. The molecule has 19 heavy (non-hydrogen) atoms. The van der Waals surface area contributed by atoms with Gasteiger partial charge in [0.15, 0.2) is 0 Å². The van der Waals surface area contributed by atoms with Crippen LogP contribution in [0.3, 0.4) is 0 Å². The van der Waals surface area contributed by atoms with Gasteiger partial charge in [-0.2, -0.15) is 4.98 Å². The number of benzene rings is 1. The zero-order chi connectivity index (χ0) is 13.7. The summed E-state index contributed by atoms with van der Waals surface area (Å²) in [5.41, 5.74) is 7.39. The highest BCUT2D eigenvalue weighted by Gasteiger charge is 2.05. The average Bonchev–Trinajstić information content (AvgIpc) is 2.45. The van der Waals surface area contributed by atoms with Crippen molar-refractivity contribution in [3.8, 4) is 11.6 Å². The second-order valence-corrected chi connectivity index (χ2v) is 3.85. The van der Waals surface area contributed by atoms with E-state index in [4.69, 9.17) is 15.2 Å². The summed E-state index contributed by atoms with van der Waals surface area (Å²) in [7, 11) is 3.18. The molecular weight excluding hydrogens is 244 g/mol. The maximum atomic E-state index is 5.76. The van der Waals surface area contributed by atoms with Gasteiger partial charge in [-0.15, -0.1) is 0 Å². The molecular formula is C13H16N4O2. The van der Waals surface area contributed by atoms with Crippen LogP contribution in [0.1, 0.15) is 5.56 Å². The number of nitrogen functional groups attached to an aromatic ring is 1. The topological polar surface area (TPSA) is 82.3 Å². The van der Waals surface area contributed by atoms with Crippen LogP contribution in [0.4, 0.5) is 11.6 Å². The lowest BCUT2D eigenvalue weighted by Crippen LogP contribution is -2.06. The summed E-state index contributed by atoms with van der Waals surface area (Å²) in [5.74, 6) is 1.77. The number of nitrogens with two attached hydrogens (primary N) is 1. The molecule has 0 amide bonds. The van der Waals surface area contributed by atoms with Gasteiger partial charge < -0.3 is 20.5 Å². The van der Waals surface area contributed by atoms with Gasteiger partial charge in [-0.1, -0.05) is 0 Å². The molecule has 0 atom stereocenters. The van der Waals surface area contributed by atoms with Crippen molar-refractivity contribution >= 4 is 11.6 Å². The van der Waals surface area contributed by atoms with Crippen molar-refractivity contribution in [2.75, 3.05) is 25.3 Å². The highest BCUT2D eigenvalue weighted by molar-refractivity contribution is 5.49. The van der Waals surface area contributed by atoms with Crippen LogP contribution in [0.5, 0.6) is 11.6 Å². The van der Waals surface area contributed by atoms with Crippen molar-refractivity contribution < 1.29 is 9.47 Å². The summed E-state index contributed by atoms with van der Waals surface area (Å²) in [6, 6.07) is 7.17. The number of ether oxygens (including phenoxy) is 2. The molecule has 1 aromatic heterocycles. The fourth-order valence-electron chi connectivity index (χ4n) is 1.65. The molecule has 2 aromatic rings. The number of methoxy groups -OCH3 is 2. The van der Waals surface area contributed by atoms with Crippen molar-refractivity contribution in [3.05, 3.63) is 36.0 Å².